The molecule has 29 heavy (non-hydrogen) atoms. The molecule has 2 aliphatic carbocycles. The zero-order valence-corrected chi connectivity index (χ0v) is 17.9. The topological polar surface area (TPSA) is 0 Å². The van der Waals surface area contributed by atoms with E-state index in [1.807, 2.05) is 6.07 Å². The summed E-state index contributed by atoms with van der Waals surface area (Å²) in [7, 11) is 0. The van der Waals surface area contributed by atoms with Crippen LogP contribution >= 0.6 is 0 Å². The molecule has 0 aliphatic heterocycles. The summed E-state index contributed by atoms with van der Waals surface area (Å²) in [4.78, 5) is 0. The van der Waals surface area contributed by atoms with Crippen molar-refractivity contribution in [3.8, 4) is 0 Å². The number of rotatable bonds is 7. The Balaban J connectivity index is 1.33. The predicted octanol–water partition coefficient (Wildman–Crippen LogP) is 8.78. The molecule has 2 fully saturated rings. The molecule has 2 aromatic rings. The zero-order chi connectivity index (χ0) is 20.2. The molecular formula is C27H36F2. The average Bonchev–Trinajstić information content (AvgIpc) is 2.73. The quantitative estimate of drug-likeness (QED) is 0.409. The largest absolute Gasteiger partial charge is 0.204 e. The molecule has 0 N–H and O–H groups in total. The fourth-order valence-electron chi connectivity index (χ4n) is 6.10. The van der Waals surface area contributed by atoms with E-state index < -0.39 is 11.6 Å². The number of benzene rings is 2. The minimum absolute atomic E-state index is 0.583. The van der Waals surface area contributed by atoms with E-state index in [1.54, 1.807) is 0 Å². The molecule has 0 aromatic heterocycles. The van der Waals surface area contributed by atoms with Crippen molar-refractivity contribution >= 4 is 10.8 Å². The van der Waals surface area contributed by atoms with Gasteiger partial charge in [-0.05, 0) is 84.2 Å². The molecule has 2 aromatic carbocycles. The van der Waals surface area contributed by atoms with Crippen LogP contribution in [0.25, 0.3) is 10.8 Å². The smallest absolute Gasteiger partial charge is 0.159 e. The van der Waals surface area contributed by atoms with Crippen LogP contribution in [-0.4, -0.2) is 0 Å². The Kier molecular flexibility index (Phi) is 6.88. The maximum absolute atomic E-state index is 13.7. The molecule has 0 bridgehead atoms. The second kappa shape index (κ2) is 9.58. The molecule has 0 amide bonds. The van der Waals surface area contributed by atoms with E-state index in [0.717, 1.165) is 28.5 Å². The fraction of sp³-hybridized carbons (Fsp3) is 0.630. The van der Waals surface area contributed by atoms with Crippen LogP contribution in [0.15, 0.2) is 30.3 Å². The molecule has 4 rings (SSSR count). The molecule has 0 nitrogen and oxygen atoms in total. The van der Waals surface area contributed by atoms with Crippen LogP contribution < -0.4 is 0 Å². The van der Waals surface area contributed by atoms with E-state index in [4.69, 9.17) is 0 Å². The maximum atomic E-state index is 13.7. The summed E-state index contributed by atoms with van der Waals surface area (Å²) < 4.78 is 27.1. The van der Waals surface area contributed by atoms with Crippen molar-refractivity contribution in [2.75, 3.05) is 0 Å². The fourth-order valence-corrected chi connectivity index (χ4v) is 6.10. The van der Waals surface area contributed by atoms with Gasteiger partial charge in [-0.25, -0.2) is 8.78 Å². The Morgan fingerprint density at radius 1 is 0.759 bits per heavy atom. The summed E-state index contributed by atoms with van der Waals surface area (Å²) in [6, 6.07) is 8.88. The van der Waals surface area contributed by atoms with Crippen molar-refractivity contribution in [3.63, 3.8) is 0 Å². The predicted molar refractivity (Wildman–Crippen MR) is 118 cm³/mol. The molecule has 0 spiro atoms. The van der Waals surface area contributed by atoms with Crippen LogP contribution in [0.3, 0.4) is 0 Å². The summed E-state index contributed by atoms with van der Waals surface area (Å²) in [5.74, 6) is 1.84. The minimum atomic E-state index is -0.757. The average molecular weight is 399 g/mol. The molecule has 2 saturated carbocycles. The normalized spacial score (nSPS) is 27.1. The zero-order valence-electron chi connectivity index (χ0n) is 17.9. The van der Waals surface area contributed by atoms with E-state index in [9.17, 15) is 8.78 Å². The molecule has 2 aliphatic rings. The molecule has 4 atom stereocenters. The highest BCUT2D eigenvalue weighted by atomic mass is 19.2. The number of hydrogen-bond acceptors (Lipinski definition) is 0. The molecule has 0 heterocycles. The Morgan fingerprint density at radius 3 is 2.31 bits per heavy atom. The van der Waals surface area contributed by atoms with Gasteiger partial charge in [0.15, 0.2) is 11.6 Å². The molecule has 0 radical (unpaired) electrons. The van der Waals surface area contributed by atoms with Crippen LogP contribution in [0.5, 0.6) is 0 Å². The molecule has 2 unspecified atom stereocenters. The van der Waals surface area contributed by atoms with Gasteiger partial charge in [-0.3, -0.25) is 0 Å². The van der Waals surface area contributed by atoms with Crippen molar-refractivity contribution < 1.29 is 8.78 Å². The van der Waals surface area contributed by atoms with Gasteiger partial charge in [-0.2, -0.15) is 0 Å². The van der Waals surface area contributed by atoms with Crippen LogP contribution in [0.1, 0.15) is 95.5 Å². The Morgan fingerprint density at radius 2 is 1.48 bits per heavy atom. The van der Waals surface area contributed by atoms with Gasteiger partial charge >= 0.3 is 0 Å². The van der Waals surface area contributed by atoms with E-state index >= 15 is 0 Å². The Labute approximate surface area is 175 Å². The van der Waals surface area contributed by atoms with Gasteiger partial charge in [0.25, 0.3) is 0 Å². The second-order valence-electron chi connectivity index (χ2n) is 9.79. The van der Waals surface area contributed by atoms with Crippen molar-refractivity contribution in [3.05, 3.63) is 47.5 Å². The summed E-state index contributed by atoms with van der Waals surface area (Å²) in [5.41, 5.74) is 1.32. The standard InChI is InChI=1S/C27H36F2/c1-2-3-4-5-6-7-19-8-9-21-15-22(11-10-20(21)14-19)23-12-13-24-17-26(28)27(29)18-25(24)16-23/h12-13,16-22H,2-11,14-15H2,1H3/t19-,20?,21-,22?/m1/s1. The van der Waals surface area contributed by atoms with Gasteiger partial charge in [0, 0.05) is 0 Å². The maximum Gasteiger partial charge on any atom is 0.159 e. The molecule has 158 valence electrons. The van der Waals surface area contributed by atoms with E-state index in [-0.39, 0.29) is 0 Å². The summed E-state index contributed by atoms with van der Waals surface area (Å²) in [6.45, 7) is 2.29. The monoisotopic (exact) mass is 398 g/mol. The number of hydrogen-bond donors (Lipinski definition) is 0. The summed E-state index contributed by atoms with van der Waals surface area (Å²) in [5, 5.41) is 1.62. The van der Waals surface area contributed by atoms with Gasteiger partial charge < -0.3 is 0 Å². The van der Waals surface area contributed by atoms with Crippen LogP contribution in [0, 0.1) is 29.4 Å². The lowest BCUT2D eigenvalue weighted by Crippen LogP contribution is -2.30. The number of fused-ring (bicyclic) bond motifs is 2. The summed E-state index contributed by atoms with van der Waals surface area (Å²) in [6.07, 6.45) is 16.6. The highest BCUT2D eigenvalue weighted by Crippen LogP contribution is 2.48. The first-order chi connectivity index (χ1) is 14.1. The van der Waals surface area contributed by atoms with Gasteiger partial charge in [0.05, 0.1) is 0 Å². The highest BCUT2D eigenvalue weighted by molar-refractivity contribution is 5.83. The van der Waals surface area contributed by atoms with Crippen LogP contribution in [-0.2, 0) is 0 Å². The lowest BCUT2D eigenvalue weighted by Gasteiger charge is -2.42. The summed E-state index contributed by atoms with van der Waals surface area (Å²) >= 11 is 0. The second-order valence-corrected chi connectivity index (χ2v) is 9.79. The Hall–Kier alpha value is -1.44. The Bertz CT molecular complexity index is 812. The highest BCUT2D eigenvalue weighted by Gasteiger charge is 2.35. The van der Waals surface area contributed by atoms with E-state index in [1.165, 1.54) is 94.7 Å². The third-order valence-corrected chi connectivity index (χ3v) is 7.81. The SMILES string of the molecule is CCCCCCC[C@@H]1CC[C@@H]2CC(c3ccc4cc(F)c(F)cc4c3)CCC2C1. The lowest BCUT2D eigenvalue weighted by molar-refractivity contribution is 0.113. The minimum Gasteiger partial charge on any atom is -0.204 e. The van der Waals surface area contributed by atoms with E-state index in [0.29, 0.717) is 5.92 Å². The molecular weight excluding hydrogens is 362 g/mol. The first-order valence-corrected chi connectivity index (χ1v) is 12.0. The van der Waals surface area contributed by atoms with Gasteiger partial charge in [0.2, 0.25) is 0 Å². The van der Waals surface area contributed by atoms with Crippen molar-refractivity contribution in [1.29, 1.82) is 0 Å². The van der Waals surface area contributed by atoms with Crippen molar-refractivity contribution in [2.24, 2.45) is 17.8 Å². The van der Waals surface area contributed by atoms with E-state index in [2.05, 4.69) is 19.1 Å². The number of halogens is 2. The third-order valence-electron chi connectivity index (χ3n) is 7.81. The van der Waals surface area contributed by atoms with Gasteiger partial charge in [-0.1, -0.05) is 70.1 Å². The van der Waals surface area contributed by atoms with Crippen molar-refractivity contribution in [1.82, 2.24) is 0 Å². The van der Waals surface area contributed by atoms with Crippen LogP contribution in [0.2, 0.25) is 0 Å². The van der Waals surface area contributed by atoms with Gasteiger partial charge in [-0.15, -0.1) is 0 Å². The van der Waals surface area contributed by atoms with Crippen molar-refractivity contribution in [2.45, 2.75) is 89.9 Å². The number of unbranched alkanes of at least 4 members (excludes halogenated alkanes) is 4. The third kappa shape index (κ3) is 5.01. The van der Waals surface area contributed by atoms with Crippen LogP contribution in [0.4, 0.5) is 8.78 Å². The first-order valence-electron chi connectivity index (χ1n) is 12.0. The lowest BCUT2D eigenvalue weighted by atomic mass is 9.63. The molecule has 2 heteroatoms. The molecule has 0 saturated heterocycles. The van der Waals surface area contributed by atoms with Gasteiger partial charge in [0.1, 0.15) is 0 Å². The first kappa shape index (κ1) is 20.8.